The SMILES string of the molecule is CCCCCNC(=S)NNC(=O)c1cc(Cl)ccc1OC. The molecule has 1 amide bonds. The highest BCUT2D eigenvalue weighted by molar-refractivity contribution is 7.80. The number of amides is 1. The molecule has 7 heteroatoms. The number of unbranched alkanes of at least 4 members (excludes halogenated alkanes) is 2. The molecule has 1 rings (SSSR count). The number of hydrazine groups is 1. The number of hydrogen-bond acceptors (Lipinski definition) is 3. The van der Waals surface area contributed by atoms with Crippen molar-refractivity contribution in [1.82, 2.24) is 16.2 Å². The van der Waals surface area contributed by atoms with Gasteiger partial charge in [-0.05, 0) is 36.8 Å². The van der Waals surface area contributed by atoms with E-state index in [0.29, 0.717) is 21.4 Å². The van der Waals surface area contributed by atoms with Gasteiger partial charge in [0.15, 0.2) is 5.11 Å². The first-order chi connectivity index (χ1) is 10.1. The topological polar surface area (TPSA) is 62.4 Å². The number of methoxy groups -OCH3 is 1. The number of rotatable bonds is 6. The lowest BCUT2D eigenvalue weighted by molar-refractivity contribution is 0.0940. The summed E-state index contributed by atoms with van der Waals surface area (Å²) in [5, 5.41) is 3.85. The van der Waals surface area contributed by atoms with Gasteiger partial charge in [-0.2, -0.15) is 0 Å². The van der Waals surface area contributed by atoms with Gasteiger partial charge in [0.25, 0.3) is 5.91 Å². The molecule has 0 unspecified atom stereocenters. The summed E-state index contributed by atoms with van der Waals surface area (Å²) in [5.41, 5.74) is 5.50. The molecular formula is C14H20ClN3O2S. The Labute approximate surface area is 135 Å². The minimum Gasteiger partial charge on any atom is -0.496 e. The Hall–Kier alpha value is -1.53. The van der Waals surface area contributed by atoms with Crippen molar-refractivity contribution < 1.29 is 9.53 Å². The van der Waals surface area contributed by atoms with Crippen LogP contribution in [0, 0.1) is 0 Å². The van der Waals surface area contributed by atoms with E-state index < -0.39 is 0 Å². The van der Waals surface area contributed by atoms with Crippen LogP contribution in [0.2, 0.25) is 5.02 Å². The van der Waals surface area contributed by atoms with E-state index in [4.69, 9.17) is 28.6 Å². The molecule has 3 N–H and O–H groups in total. The average molecular weight is 330 g/mol. The first-order valence-corrected chi connectivity index (χ1v) is 7.54. The molecule has 0 aromatic heterocycles. The fraction of sp³-hybridized carbons (Fsp3) is 0.429. The quantitative estimate of drug-likeness (QED) is 0.425. The molecule has 0 aliphatic carbocycles. The lowest BCUT2D eigenvalue weighted by Gasteiger charge is -2.13. The third kappa shape index (κ3) is 6.18. The number of thiocarbonyl (C=S) groups is 1. The standard InChI is InChI=1S/C14H20ClN3O2S/c1-3-4-5-8-16-14(21)18-17-13(19)11-9-10(15)6-7-12(11)20-2/h6-7,9H,3-5,8H2,1-2H3,(H,17,19)(H2,16,18,21). The third-order valence-electron chi connectivity index (χ3n) is 2.76. The van der Waals surface area contributed by atoms with Crippen LogP contribution in [-0.4, -0.2) is 24.7 Å². The minimum absolute atomic E-state index is 0.339. The Balaban J connectivity index is 2.46. The van der Waals surface area contributed by atoms with Crippen LogP contribution in [-0.2, 0) is 0 Å². The first kappa shape index (κ1) is 17.5. The summed E-state index contributed by atoms with van der Waals surface area (Å²) in [4.78, 5) is 12.1. The van der Waals surface area contributed by atoms with E-state index in [9.17, 15) is 4.79 Å². The van der Waals surface area contributed by atoms with Crippen LogP contribution in [0.3, 0.4) is 0 Å². The van der Waals surface area contributed by atoms with E-state index in [2.05, 4.69) is 23.1 Å². The average Bonchev–Trinajstić information content (AvgIpc) is 2.49. The molecule has 0 spiro atoms. The van der Waals surface area contributed by atoms with E-state index >= 15 is 0 Å². The Morgan fingerprint density at radius 2 is 2.10 bits per heavy atom. The van der Waals surface area contributed by atoms with Gasteiger partial charge in [0.05, 0.1) is 12.7 Å². The van der Waals surface area contributed by atoms with Gasteiger partial charge in [-0.15, -0.1) is 0 Å². The number of halogens is 1. The fourth-order valence-corrected chi connectivity index (χ4v) is 1.98. The van der Waals surface area contributed by atoms with Gasteiger partial charge in [0.1, 0.15) is 5.75 Å². The van der Waals surface area contributed by atoms with Gasteiger partial charge < -0.3 is 10.1 Å². The Morgan fingerprint density at radius 1 is 1.33 bits per heavy atom. The smallest absolute Gasteiger partial charge is 0.273 e. The van der Waals surface area contributed by atoms with E-state index in [1.807, 2.05) is 0 Å². The van der Waals surface area contributed by atoms with Crippen molar-refractivity contribution in [1.29, 1.82) is 0 Å². The molecular weight excluding hydrogens is 310 g/mol. The maximum Gasteiger partial charge on any atom is 0.273 e. The maximum atomic E-state index is 12.1. The molecule has 0 atom stereocenters. The molecule has 0 aliphatic rings. The molecule has 5 nitrogen and oxygen atoms in total. The van der Waals surface area contributed by atoms with Crippen molar-refractivity contribution in [2.75, 3.05) is 13.7 Å². The van der Waals surface area contributed by atoms with Crippen molar-refractivity contribution in [3.8, 4) is 5.75 Å². The zero-order valence-electron chi connectivity index (χ0n) is 12.2. The molecule has 21 heavy (non-hydrogen) atoms. The summed E-state index contributed by atoms with van der Waals surface area (Å²) in [6, 6.07) is 4.83. The Morgan fingerprint density at radius 3 is 2.76 bits per heavy atom. The van der Waals surface area contributed by atoms with Crippen molar-refractivity contribution in [3.63, 3.8) is 0 Å². The molecule has 0 bridgehead atoms. The van der Waals surface area contributed by atoms with Crippen LogP contribution < -0.4 is 20.9 Å². The van der Waals surface area contributed by atoms with Gasteiger partial charge in [0, 0.05) is 11.6 Å². The number of hydrogen-bond donors (Lipinski definition) is 3. The van der Waals surface area contributed by atoms with Gasteiger partial charge in [-0.1, -0.05) is 31.4 Å². The highest BCUT2D eigenvalue weighted by Crippen LogP contribution is 2.22. The second-order valence-electron chi connectivity index (χ2n) is 4.39. The molecule has 0 heterocycles. The van der Waals surface area contributed by atoms with Crippen LogP contribution in [0.25, 0.3) is 0 Å². The predicted molar refractivity (Wildman–Crippen MR) is 88.7 cm³/mol. The first-order valence-electron chi connectivity index (χ1n) is 6.76. The number of carbonyl (C=O) groups is 1. The summed E-state index contributed by atoms with van der Waals surface area (Å²) >= 11 is 10.9. The van der Waals surface area contributed by atoms with Crippen molar-refractivity contribution in [3.05, 3.63) is 28.8 Å². The van der Waals surface area contributed by atoms with Crippen molar-refractivity contribution >= 4 is 34.8 Å². The van der Waals surface area contributed by atoms with Crippen LogP contribution in [0.4, 0.5) is 0 Å². The summed E-state index contributed by atoms with van der Waals surface area (Å²) in [7, 11) is 1.49. The van der Waals surface area contributed by atoms with Crippen molar-refractivity contribution in [2.24, 2.45) is 0 Å². The molecule has 1 aromatic rings. The number of ether oxygens (including phenoxy) is 1. The fourth-order valence-electron chi connectivity index (χ4n) is 1.66. The molecule has 116 valence electrons. The molecule has 0 radical (unpaired) electrons. The summed E-state index contributed by atoms with van der Waals surface area (Å²) in [6.45, 7) is 2.91. The van der Waals surface area contributed by atoms with Crippen LogP contribution in [0.1, 0.15) is 36.5 Å². The maximum absolute atomic E-state index is 12.1. The van der Waals surface area contributed by atoms with Crippen LogP contribution >= 0.6 is 23.8 Å². The van der Waals surface area contributed by atoms with Gasteiger partial charge in [-0.3, -0.25) is 15.6 Å². The second kappa shape index (κ2) is 9.41. The van der Waals surface area contributed by atoms with Gasteiger partial charge in [-0.25, -0.2) is 0 Å². The van der Waals surface area contributed by atoms with Crippen molar-refractivity contribution in [2.45, 2.75) is 26.2 Å². The summed E-state index contributed by atoms with van der Waals surface area (Å²) in [5.74, 6) is 0.0765. The number of carbonyl (C=O) groups excluding carboxylic acids is 1. The van der Waals surface area contributed by atoms with E-state index in [0.717, 1.165) is 25.8 Å². The largest absolute Gasteiger partial charge is 0.496 e. The van der Waals surface area contributed by atoms with Gasteiger partial charge in [0.2, 0.25) is 0 Å². The molecule has 0 aliphatic heterocycles. The monoisotopic (exact) mass is 329 g/mol. The highest BCUT2D eigenvalue weighted by Gasteiger charge is 2.12. The zero-order chi connectivity index (χ0) is 15.7. The number of benzene rings is 1. The highest BCUT2D eigenvalue weighted by atomic mass is 35.5. The predicted octanol–water partition coefficient (Wildman–Crippen LogP) is 2.65. The zero-order valence-corrected chi connectivity index (χ0v) is 13.7. The normalized spacial score (nSPS) is 9.86. The molecule has 1 aromatic carbocycles. The molecule has 0 saturated carbocycles. The summed E-state index contributed by atoms with van der Waals surface area (Å²) in [6.07, 6.45) is 3.32. The molecule has 0 fully saturated rings. The van der Waals surface area contributed by atoms with Crippen LogP contribution in [0.15, 0.2) is 18.2 Å². The van der Waals surface area contributed by atoms with E-state index in [1.54, 1.807) is 12.1 Å². The summed E-state index contributed by atoms with van der Waals surface area (Å²) < 4.78 is 5.12. The lowest BCUT2D eigenvalue weighted by Crippen LogP contribution is -2.47. The number of nitrogens with one attached hydrogen (secondary N) is 3. The molecule has 0 saturated heterocycles. The Bertz CT molecular complexity index is 497. The van der Waals surface area contributed by atoms with E-state index in [1.165, 1.54) is 13.2 Å². The minimum atomic E-state index is -0.368. The Kier molecular flexibility index (Phi) is 7.85. The second-order valence-corrected chi connectivity index (χ2v) is 5.23. The third-order valence-corrected chi connectivity index (χ3v) is 3.24. The lowest BCUT2D eigenvalue weighted by atomic mass is 10.2. The van der Waals surface area contributed by atoms with E-state index in [-0.39, 0.29) is 5.91 Å². The van der Waals surface area contributed by atoms with Crippen LogP contribution in [0.5, 0.6) is 5.75 Å². The van der Waals surface area contributed by atoms with Gasteiger partial charge >= 0.3 is 0 Å².